The van der Waals surface area contributed by atoms with Gasteiger partial charge in [-0.25, -0.2) is 0 Å². The predicted octanol–water partition coefficient (Wildman–Crippen LogP) is 4.35. The average molecular weight is 272 g/mol. The van der Waals surface area contributed by atoms with Crippen LogP contribution in [0.5, 0.6) is 5.75 Å². The Bertz CT molecular complexity index is 497. The van der Waals surface area contributed by atoms with Gasteiger partial charge in [0.15, 0.2) is 5.78 Å². The van der Waals surface area contributed by atoms with E-state index in [0.29, 0.717) is 17.6 Å². The predicted molar refractivity (Wildman–Crippen MR) is 82.7 cm³/mol. The zero-order valence-corrected chi connectivity index (χ0v) is 12.8. The van der Waals surface area contributed by atoms with Crippen molar-refractivity contribution in [3.8, 4) is 5.75 Å². The summed E-state index contributed by atoms with van der Waals surface area (Å²) in [6.07, 6.45) is 4.19. The molecule has 0 N–H and O–H groups in total. The SMILES string of the molecule is COc1ccc(/C=C2/C(=O)[C@H](C(C)C)CC[C@@H]2C)cc1. The molecule has 0 spiro atoms. The van der Waals surface area contributed by atoms with Crippen LogP contribution in [0.25, 0.3) is 6.08 Å². The van der Waals surface area contributed by atoms with Crippen LogP contribution >= 0.6 is 0 Å². The molecule has 0 bridgehead atoms. The minimum atomic E-state index is 0.190. The standard InChI is InChI=1S/C18H24O2/c1-12(2)16-10-5-13(3)17(18(16)19)11-14-6-8-15(20-4)9-7-14/h6-9,11-13,16H,5,10H2,1-4H3/b17-11+/t13-,16-/m0/s1. The zero-order chi connectivity index (χ0) is 14.7. The maximum Gasteiger partial charge on any atom is 0.162 e. The minimum absolute atomic E-state index is 0.190. The molecule has 0 amide bonds. The van der Waals surface area contributed by atoms with E-state index in [-0.39, 0.29) is 5.92 Å². The number of carbonyl (C=O) groups is 1. The molecule has 0 unspecified atom stereocenters. The van der Waals surface area contributed by atoms with Crippen molar-refractivity contribution in [1.82, 2.24) is 0 Å². The van der Waals surface area contributed by atoms with E-state index in [4.69, 9.17) is 4.74 Å². The second-order valence-corrected chi connectivity index (χ2v) is 6.07. The summed E-state index contributed by atoms with van der Waals surface area (Å²) in [4.78, 5) is 12.6. The monoisotopic (exact) mass is 272 g/mol. The molecule has 1 aromatic rings. The molecule has 1 aliphatic rings. The first-order chi connectivity index (χ1) is 9.52. The molecule has 2 heteroatoms. The Morgan fingerprint density at radius 2 is 1.85 bits per heavy atom. The van der Waals surface area contributed by atoms with E-state index in [0.717, 1.165) is 29.7 Å². The van der Waals surface area contributed by atoms with Gasteiger partial charge >= 0.3 is 0 Å². The molecular weight excluding hydrogens is 248 g/mol. The van der Waals surface area contributed by atoms with Crippen molar-refractivity contribution in [2.24, 2.45) is 17.8 Å². The van der Waals surface area contributed by atoms with Crippen molar-refractivity contribution in [3.63, 3.8) is 0 Å². The van der Waals surface area contributed by atoms with E-state index < -0.39 is 0 Å². The highest BCUT2D eigenvalue weighted by molar-refractivity contribution is 6.02. The molecule has 1 aliphatic carbocycles. The van der Waals surface area contributed by atoms with Crippen LogP contribution in [-0.2, 0) is 4.79 Å². The van der Waals surface area contributed by atoms with Gasteiger partial charge in [0.05, 0.1) is 7.11 Å². The third kappa shape index (κ3) is 3.12. The fourth-order valence-electron chi connectivity index (χ4n) is 2.90. The van der Waals surface area contributed by atoms with Crippen LogP contribution in [0.2, 0.25) is 0 Å². The van der Waals surface area contributed by atoms with E-state index >= 15 is 0 Å². The Kier molecular flexibility index (Phi) is 4.64. The lowest BCUT2D eigenvalue weighted by atomic mass is 9.73. The summed E-state index contributed by atoms with van der Waals surface area (Å²) >= 11 is 0. The highest BCUT2D eigenvalue weighted by Gasteiger charge is 2.32. The molecule has 2 atom stereocenters. The van der Waals surface area contributed by atoms with Crippen molar-refractivity contribution in [1.29, 1.82) is 0 Å². The van der Waals surface area contributed by atoms with E-state index in [9.17, 15) is 4.79 Å². The lowest BCUT2D eigenvalue weighted by molar-refractivity contribution is -0.122. The van der Waals surface area contributed by atoms with Gasteiger partial charge in [0, 0.05) is 5.92 Å². The molecule has 0 saturated heterocycles. The van der Waals surface area contributed by atoms with Crippen LogP contribution in [0.15, 0.2) is 29.8 Å². The second kappa shape index (κ2) is 6.25. The smallest absolute Gasteiger partial charge is 0.162 e. The van der Waals surface area contributed by atoms with Crippen molar-refractivity contribution in [2.45, 2.75) is 33.6 Å². The molecule has 2 rings (SSSR count). The summed E-state index contributed by atoms with van der Waals surface area (Å²) in [5, 5.41) is 0. The van der Waals surface area contributed by atoms with Crippen LogP contribution in [0.1, 0.15) is 39.2 Å². The maximum absolute atomic E-state index is 12.6. The van der Waals surface area contributed by atoms with Crippen molar-refractivity contribution >= 4 is 11.9 Å². The molecule has 20 heavy (non-hydrogen) atoms. The number of carbonyl (C=O) groups excluding carboxylic acids is 1. The molecule has 1 aromatic carbocycles. The summed E-state index contributed by atoms with van der Waals surface area (Å²) < 4.78 is 5.16. The Morgan fingerprint density at radius 3 is 2.40 bits per heavy atom. The van der Waals surface area contributed by atoms with Crippen LogP contribution < -0.4 is 4.74 Å². The van der Waals surface area contributed by atoms with Crippen molar-refractivity contribution < 1.29 is 9.53 Å². The number of hydrogen-bond acceptors (Lipinski definition) is 2. The lowest BCUT2D eigenvalue weighted by Crippen LogP contribution is -2.30. The second-order valence-electron chi connectivity index (χ2n) is 6.07. The number of hydrogen-bond donors (Lipinski definition) is 0. The number of benzene rings is 1. The van der Waals surface area contributed by atoms with Crippen LogP contribution in [0, 0.1) is 17.8 Å². The fraction of sp³-hybridized carbons (Fsp3) is 0.500. The topological polar surface area (TPSA) is 26.3 Å². The minimum Gasteiger partial charge on any atom is -0.497 e. The van der Waals surface area contributed by atoms with Gasteiger partial charge in [-0.2, -0.15) is 0 Å². The quantitative estimate of drug-likeness (QED) is 0.765. The summed E-state index contributed by atoms with van der Waals surface area (Å²) in [5.41, 5.74) is 2.06. The molecule has 108 valence electrons. The van der Waals surface area contributed by atoms with Gasteiger partial charge in [-0.15, -0.1) is 0 Å². The Balaban J connectivity index is 2.27. The maximum atomic E-state index is 12.6. The molecule has 0 radical (unpaired) electrons. The molecule has 0 aliphatic heterocycles. The van der Waals surface area contributed by atoms with Gasteiger partial charge in [-0.1, -0.05) is 32.9 Å². The van der Waals surface area contributed by atoms with Crippen LogP contribution in [0.3, 0.4) is 0 Å². The normalized spacial score (nSPS) is 25.2. The summed E-state index contributed by atoms with van der Waals surface area (Å²) in [6.45, 7) is 6.44. The van der Waals surface area contributed by atoms with E-state index in [1.54, 1.807) is 7.11 Å². The largest absolute Gasteiger partial charge is 0.497 e. The number of allylic oxidation sites excluding steroid dienone is 1. The van der Waals surface area contributed by atoms with Gasteiger partial charge in [-0.05, 0) is 54.0 Å². The summed E-state index contributed by atoms with van der Waals surface area (Å²) in [5.74, 6) is 2.16. The number of ether oxygens (including phenoxy) is 1. The Hall–Kier alpha value is -1.57. The summed E-state index contributed by atoms with van der Waals surface area (Å²) in [6, 6.07) is 7.88. The van der Waals surface area contributed by atoms with Gasteiger partial charge in [0.2, 0.25) is 0 Å². The first-order valence-corrected chi connectivity index (χ1v) is 7.42. The molecule has 0 aromatic heterocycles. The molecular formula is C18H24O2. The van der Waals surface area contributed by atoms with Crippen LogP contribution in [0.4, 0.5) is 0 Å². The van der Waals surface area contributed by atoms with Gasteiger partial charge < -0.3 is 4.74 Å². The van der Waals surface area contributed by atoms with Crippen LogP contribution in [-0.4, -0.2) is 12.9 Å². The highest BCUT2D eigenvalue weighted by atomic mass is 16.5. The number of ketones is 1. The first-order valence-electron chi connectivity index (χ1n) is 7.42. The fourth-order valence-corrected chi connectivity index (χ4v) is 2.90. The molecule has 1 saturated carbocycles. The van der Waals surface area contributed by atoms with Gasteiger partial charge in [0.25, 0.3) is 0 Å². The summed E-state index contributed by atoms with van der Waals surface area (Å²) in [7, 11) is 1.66. The van der Waals surface area contributed by atoms with E-state index in [2.05, 4.69) is 26.8 Å². The zero-order valence-electron chi connectivity index (χ0n) is 12.8. The van der Waals surface area contributed by atoms with Gasteiger partial charge in [-0.3, -0.25) is 4.79 Å². The Labute approximate surface area is 121 Å². The number of Topliss-reactive ketones (excluding diaryl/α,β-unsaturated/α-hetero) is 1. The molecule has 0 heterocycles. The van der Waals surface area contributed by atoms with Crippen molar-refractivity contribution in [3.05, 3.63) is 35.4 Å². The first kappa shape index (κ1) is 14.8. The highest BCUT2D eigenvalue weighted by Crippen LogP contribution is 2.35. The number of rotatable bonds is 3. The third-order valence-corrected chi connectivity index (χ3v) is 4.31. The molecule has 1 fully saturated rings. The third-order valence-electron chi connectivity index (χ3n) is 4.31. The number of methoxy groups -OCH3 is 1. The Morgan fingerprint density at radius 1 is 1.20 bits per heavy atom. The van der Waals surface area contributed by atoms with E-state index in [1.807, 2.05) is 24.3 Å². The molecule has 2 nitrogen and oxygen atoms in total. The van der Waals surface area contributed by atoms with Crippen molar-refractivity contribution in [2.75, 3.05) is 7.11 Å². The lowest BCUT2D eigenvalue weighted by Gasteiger charge is -2.30. The van der Waals surface area contributed by atoms with E-state index in [1.165, 1.54) is 0 Å². The van der Waals surface area contributed by atoms with Gasteiger partial charge in [0.1, 0.15) is 5.75 Å². The average Bonchev–Trinajstić information content (AvgIpc) is 2.43.